The van der Waals surface area contributed by atoms with Gasteiger partial charge in [-0.2, -0.15) is 0 Å². The monoisotopic (exact) mass is 404 g/mol. The van der Waals surface area contributed by atoms with Crippen molar-refractivity contribution in [2.24, 2.45) is 0 Å². The zero-order valence-corrected chi connectivity index (χ0v) is 17.1. The van der Waals surface area contributed by atoms with Crippen molar-refractivity contribution in [1.82, 2.24) is 9.88 Å². The molecule has 6 heteroatoms. The van der Waals surface area contributed by atoms with Gasteiger partial charge in [-0.1, -0.05) is 24.3 Å². The first-order valence-corrected chi connectivity index (χ1v) is 10.3. The van der Waals surface area contributed by atoms with E-state index >= 15 is 0 Å². The lowest BCUT2D eigenvalue weighted by Crippen LogP contribution is -2.46. The highest BCUT2D eigenvalue weighted by Gasteiger charge is 2.19. The summed E-state index contributed by atoms with van der Waals surface area (Å²) in [5.74, 6) is -0.471. The number of rotatable bonds is 5. The number of hydrogen-bond donors (Lipinski definition) is 1. The fourth-order valence-electron chi connectivity index (χ4n) is 4.20. The maximum Gasteiger partial charge on any atom is 0.259 e. The summed E-state index contributed by atoms with van der Waals surface area (Å²) in [6.45, 7) is 13.9. The highest BCUT2D eigenvalue weighted by Crippen LogP contribution is 2.29. The molecule has 1 saturated heterocycles. The van der Waals surface area contributed by atoms with Gasteiger partial charge in [0, 0.05) is 37.6 Å². The molecule has 1 fully saturated rings. The van der Waals surface area contributed by atoms with Gasteiger partial charge in [0.05, 0.1) is 12.0 Å². The highest BCUT2D eigenvalue weighted by atomic mass is 19.1. The van der Waals surface area contributed by atoms with Crippen LogP contribution in [0.25, 0.3) is 15.6 Å². The van der Waals surface area contributed by atoms with Crippen LogP contribution in [0, 0.1) is 19.3 Å². The number of pyridine rings is 1. The van der Waals surface area contributed by atoms with Crippen LogP contribution in [-0.4, -0.2) is 42.6 Å². The van der Waals surface area contributed by atoms with Crippen LogP contribution in [-0.2, 0) is 6.42 Å². The van der Waals surface area contributed by atoms with Gasteiger partial charge >= 0.3 is 0 Å². The van der Waals surface area contributed by atoms with E-state index in [-0.39, 0.29) is 10.9 Å². The lowest BCUT2D eigenvalue weighted by Gasteiger charge is -2.36. The number of aryl methyl sites for hydroxylation is 2. The number of aromatic nitrogens is 1. The molecule has 5 nitrogen and oxygen atoms in total. The topological polar surface area (TPSA) is 43.7 Å². The standard InChI is InChI=1S/C24H25FN4O/c1-17-9-10-20(25)23-19(17)16-18(27-24(23)30)6-5-11-28-12-14-29(15-13-28)22-8-4-3-7-21(22)26-2/h3-4,7-10,16H,5-6,11-15H2,1H3,(H,27,30). The Morgan fingerprint density at radius 3 is 2.67 bits per heavy atom. The smallest absolute Gasteiger partial charge is 0.259 e. The van der Waals surface area contributed by atoms with Crippen molar-refractivity contribution in [1.29, 1.82) is 0 Å². The van der Waals surface area contributed by atoms with Crippen LogP contribution in [0.1, 0.15) is 17.7 Å². The molecule has 0 unspecified atom stereocenters. The number of anilines is 1. The minimum absolute atomic E-state index is 0.148. The normalized spacial score (nSPS) is 14.8. The molecule has 1 aliphatic rings. The number of nitrogens with zero attached hydrogens (tertiary/aromatic N) is 3. The number of halogens is 1. The third kappa shape index (κ3) is 4.07. The lowest BCUT2D eigenvalue weighted by atomic mass is 10.0. The maximum atomic E-state index is 14.0. The zero-order chi connectivity index (χ0) is 21.1. The largest absolute Gasteiger partial charge is 0.378 e. The number of benzene rings is 2. The van der Waals surface area contributed by atoms with Gasteiger partial charge in [-0.25, -0.2) is 9.24 Å². The van der Waals surface area contributed by atoms with Gasteiger partial charge < -0.3 is 9.88 Å². The predicted molar refractivity (Wildman–Crippen MR) is 119 cm³/mol. The third-order valence-electron chi connectivity index (χ3n) is 5.87. The molecule has 4 rings (SSSR count). The summed E-state index contributed by atoms with van der Waals surface area (Å²) in [5.41, 5.74) is 3.14. The average molecular weight is 404 g/mol. The van der Waals surface area contributed by atoms with E-state index in [1.807, 2.05) is 37.3 Å². The first-order chi connectivity index (χ1) is 14.6. The third-order valence-corrected chi connectivity index (χ3v) is 5.87. The quantitative estimate of drug-likeness (QED) is 0.646. The second-order valence-corrected chi connectivity index (χ2v) is 7.81. The van der Waals surface area contributed by atoms with Gasteiger partial charge in [-0.15, -0.1) is 0 Å². The maximum absolute atomic E-state index is 14.0. The van der Waals surface area contributed by atoms with E-state index in [0.29, 0.717) is 11.1 Å². The molecule has 1 aromatic heterocycles. The van der Waals surface area contributed by atoms with Gasteiger partial charge in [0.25, 0.3) is 5.56 Å². The molecule has 0 amide bonds. The van der Waals surface area contributed by atoms with E-state index in [1.54, 1.807) is 6.07 Å². The molecule has 0 spiro atoms. The Morgan fingerprint density at radius 2 is 1.90 bits per heavy atom. The van der Waals surface area contributed by atoms with Gasteiger partial charge in [-0.3, -0.25) is 9.69 Å². The van der Waals surface area contributed by atoms with Gasteiger partial charge in [0.1, 0.15) is 5.82 Å². The summed E-state index contributed by atoms with van der Waals surface area (Å²) in [4.78, 5) is 23.5. The van der Waals surface area contributed by atoms with Crippen molar-refractivity contribution < 1.29 is 4.39 Å². The fourth-order valence-corrected chi connectivity index (χ4v) is 4.20. The summed E-state index contributed by atoms with van der Waals surface area (Å²) in [6.07, 6.45) is 1.68. The molecule has 1 aliphatic heterocycles. The van der Waals surface area contributed by atoms with Crippen LogP contribution in [0.3, 0.4) is 0 Å². The van der Waals surface area contributed by atoms with E-state index in [2.05, 4.69) is 19.6 Å². The molecule has 1 N–H and O–H groups in total. The first kappa shape index (κ1) is 20.1. The fraction of sp³-hybridized carbons (Fsp3) is 0.333. The molecule has 0 bridgehead atoms. The molecule has 0 saturated carbocycles. The van der Waals surface area contributed by atoms with Crippen molar-refractivity contribution in [2.75, 3.05) is 37.6 Å². The lowest BCUT2D eigenvalue weighted by molar-refractivity contribution is 0.255. The van der Waals surface area contributed by atoms with Gasteiger partial charge in [-0.05, 0) is 55.5 Å². The van der Waals surface area contributed by atoms with E-state index in [0.717, 1.165) is 62.5 Å². The molecule has 2 heterocycles. The Kier molecular flexibility index (Phi) is 5.82. The Morgan fingerprint density at radius 1 is 1.13 bits per heavy atom. The second-order valence-electron chi connectivity index (χ2n) is 7.81. The molecule has 0 aliphatic carbocycles. The number of hydrogen-bond acceptors (Lipinski definition) is 3. The van der Waals surface area contributed by atoms with Crippen LogP contribution < -0.4 is 10.5 Å². The number of aromatic amines is 1. The Balaban J connectivity index is 1.34. The van der Waals surface area contributed by atoms with E-state index in [9.17, 15) is 9.18 Å². The van der Waals surface area contributed by atoms with Crippen LogP contribution in [0.5, 0.6) is 0 Å². The molecule has 2 aromatic carbocycles. The minimum atomic E-state index is -0.471. The number of piperazine rings is 1. The van der Waals surface area contributed by atoms with Gasteiger partial charge in [0.2, 0.25) is 5.69 Å². The SMILES string of the molecule is [C-]#[N+]c1ccccc1N1CCN(CCCc2cc3c(C)ccc(F)c3c(=O)[nH]2)CC1. The number of fused-ring (bicyclic) bond motifs is 1. The van der Waals surface area contributed by atoms with Crippen molar-refractivity contribution in [2.45, 2.75) is 19.8 Å². The van der Waals surface area contributed by atoms with E-state index < -0.39 is 5.82 Å². The average Bonchev–Trinajstić information content (AvgIpc) is 2.76. The van der Waals surface area contributed by atoms with Crippen molar-refractivity contribution in [3.05, 3.63) is 81.3 Å². The van der Waals surface area contributed by atoms with E-state index in [1.165, 1.54) is 6.07 Å². The Hall–Kier alpha value is -3.17. The summed E-state index contributed by atoms with van der Waals surface area (Å²) in [6, 6.07) is 12.7. The summed E-state index contributed by atoms with van der Waals surface area (Å²) >= 11 is 0. The summed E-state index contributed by atoms with van der Waals surface area (Å²) < 4.78 is 14.0. The molecule has 0 radical (unpaired) electrons. The first-order valence-electron chi connectivity index (χ1n) is 10.3. The van der Waals surface area contributed by atoms with E-state index in [4.69, 9.17) is 6.57 Å². The molecule has 154 valence electrons. The molecular weight excluding hydrogens is 379 g/mol. The van der Waals surface area contributed by atoms with Crippen LogP contribution in [0.2, 0.25) is 0 Å². The van der Waals surface area contributed by atoms with Crippen LogP contribution >= 0.6 is 0 Å². The second kappa shape index (κ2) is 8.68. The van der Waals surface area contributed by atoms with Crippen LogP contribution in [0.4, 0.5) is 15.8 Å². The molecule has 30 heavy (non-hydrogen) atoms. The van der Waals surface area contributed by atoms with Gasteiger partial charge in [0.15, 0.2) is 0 Å². The molecular formula is C24H25FN4O. The van der Waals surface area contributed by atoms with Crippen molar-refractivity contribution in [3.8, 4) is 0 Å². The minimum Gasteiger partial charge on any atom is -0.378 e. The zero-order valence-electron chi connectivity index (χ0n) is 17.1. The Bertz CT molecular complexity index is 1160. The van der Waals surface area contributed by atoms with Crippen molar-refractivity contribution in [3.63, 3.8) is 0 Å². The predicted octanol–water partition coefficient (Wildman–Crippen LogP) is 4.28. The molecule has 3 aromatic rings. The summed E-state index contributed by atoms with van der Waals surface area (Å²) in [7, 11) is 0. The number of H-pyrrole nitrogens is 1. The Labute approximate surface area is 175 Å². The highest BCUT2D eigenvalue weighted by molar-refractivity contribution is 5.85. The van der Waals surface area contributed by atoms with Crippen molar-refractivity contribution >= 4 is 22.1 Å². The summed E-state index contributed by atoms with van der Waals surface area (Å²) in [5, 5.41) is 0.843. The molecule has 0 atom stereocenters. The number of para-hydroxylation sites is 2. The number of nitrogens with one attached hydrogen (secondary N) is 1. The van der Waals surface area contributed by atoms with Crippen LogP contribution in [0.15, 0.2) is 47.3 Å².